The van der Waals surface area contributed by atoms with E-state index in [0.29, 0.717) is 6.42 Å². The molecule has 0 bridgehead atoms. The van der Waals surface area contributed by atoms with Crippen LogP contribution in [0.25, 0.3) is 0 Å². The zero-order valence-electron chi connectivity index (χ0n) is 10.4. The minimum atomic E-state index is -0.822. The molecule has 0 aromatic heterocycles. The van der Waals surface area contributed by atoms with E-state index in [1.807, 2.05) is 27.7 Å². The Morgan fingerprint density at radius 3 is 2.88 bits per heavy atom. The molecule has 0 amide bonds. The van der Waals surface area contributed by atoms with Gasteiger partial charge in [-0.3, -0.25) is 0 Å². The molecule has 90 valence electrons. The van der Waals surface area contributed by atoms with Crippen LogP contribution < -0.4 is 0 Å². The molecule has 4 nitrogen and oxygen atoms in total. The van der Waals surface area contributed by atoms with Crippen molar-refractivity contribution in [2.75, 3.05) is 0 Å². The number of oxime groups is 1. The van der Waals surface area contributed by atoms with Gasteiger partial charge in [0, 0.05) is 6.42 Å². The van der Waals surface area contributed by atoms with Crippen molar-refractivity contribution in [1.82, 2.24) is 0 Å². The van der Waals surface area contributed by atoms with Gasteiger partial charge in [-0.25, -0.2) is 4.79 Å². The Morgan fingerprint density at radius 1 is 1.56 bits per heavy atom. The molecule has 1 fully saturated rings. The molecule has 16 heavy (non-hydrogen) atoms. The third-order valence-electron chi connectivity index (χ3n) is 3.21. The highest BCUT2D eigenvalue weighted by molar-refractivity contribution is 5.95. The first-order valence-electron chi connectivity index (χ1n) is 5.81. The zero-order chi connectivity index (χ0) is 12.0. The number of hydrogen-bond donors (Lipinski definition) is 0. The largest absolute Gasteiger partial charge is 0.457 e. The number of hydrogen-bond acceptors (Lipinski definition) is 4. The van der Waals surface area contributed by atoms with Crippen LogP contribution in [0.2, 0.25) is 0 Å². The molecule has 0 radical (unpaired) electrons. The van der Waals surface area contributed by atoms with Crippen LogP contribution in [0.4, 0.5) is 0 Å². The van der Waals surface area contributed by atoms with Gasteiger partial charge in [-0.1, -0.05) is 5.16 Å². The second-order valence-electron chi connectivity index (χ2n) is 5.66. The number of nitrogens with zero attached hydrogens (tertiary/aromatic N) is 1. The maximum absolute atomic E-state index is 12.2. The summed E-state index contributed by atoms with van der Waals surface area (Å²) in [6.07, 6.45) is 2.68. The van der Waals surface area contributed by atoms with E-state index < -0.39 is 11.2 Å². The molecular formula is C12H19NO3. The van der Waals surface area contributed by atoms with E-state index in [4.69, 9.17) is 9.57 Å². The lowest BCUT2D eigenvalue weighted by Crippen LogP contribution is -2.46. The molecule has 2 rings (SSSR count). The van der Waals surface area contributed by atoms with Crippen LogP contribution in [0.15, 0.2) is 5.16 Å². The molecule has 4 heteroatoms. The van der Waals surface area contributed by atoms with Gasteiger partial charge in [0.05, 0.1) is 11.6 Å². The first-order chi connectivity index (χ1) is 7.35. The fourth-order valence-electron chi connectivity index (χ4n) is 2.49. The zero-order valence-corrected chi connectivity index (χ0v) is 10.4. The Bertz CT molecular complexity index is 343. The maximum Gasteiger partial charge on any atom is 0.354 e. The molecule has 2 unspecified atom stereocenters. The van der Waals surface area contributed by atoms with Crippen molar-refractivity contribution in [1.29, 1.82) is 0 Å². The number of fused-ring (bicyclic) bond motifs is 1. The summed E-state index contributed by atoms with van der Waals surface area (Å²) >= 11 is 0. The van der Waals surface area contributed by atoms with Crippen LogP contribution in [0.3, 0.4) is 0 Å². The van der Waals surface area contributed by atoms with E-state index in [0.717, 1.165) is 18.6 Å². The summed E-state index contributed by atoms with van der Waals surface area (Å²) in [6, 6.07) is 0. The highest BCUT2D eigenvalue weighted by Gasteiger charge is 2.58. The number of ether oxygens (including phenoxy) is 1. The van der Waals surface area contributed by atoms with E-state index in [9.17, 15) is 4.79 Å². The molecule has 1 saturated carbocycles. The first-order valence-corrected chi connectivity index (χ1v) is 5.81. The highest BCUT2D eigenvalue weighted by atomic mass is 16.7. The summed E-state index contributed by atoms with van der Waals surface area (Å²) in [6.45, 7) is 7.53. The smallest absolute Gasteiger partial charge is 0.354 e. The quantitative estimate of drug-likeness (QED) is 0.643. The van der Waals surface area contributed by atoms with Crippen molar-refractivity contribution in [2.24, 2.45) is 11.1 Å². The Hall–Kier alpha value is -1.06. The van der Waals surface area contributed by atoms with Crippen molar-refractivity contribution < 1.29 is 14.4 Å². The summed E-state index contributed by atoms with van der Waals surface area (Å²) in [5, 5.41) is 3.96. The van der Waals surface area contributed by atoms with Crippen LogP contribution in [0.5, 0.6) is 0 Å². The maximum atomic E-state index is 12.2. The van der Waals surface area contributed by atoms with Crippen LogP contribution in [-0.2, 0) is 14.4 Å². The molecule has 0 saturated heterocycles. The van der Waals surface area contributed by atoms with Gasteiger partial charge in [0.15, 0.2) is 0 Å². The van der Waals surface area contributed by atoms with Gasteiger partial charge in [0.25, 0.3) is 0 Å². The molecule has 1 heterocycles. The lowest BCUT2D eigenvalue weighted by atomic mass is 9.88. The van der Waals surface area contributed by atoms with Gasteiger partial charge in [-0.2, -0.15) is 0 Å². The third-order valence-corrected chi connectivity index (χ3v) is 3.21. The lowest BCUT2D eigenvalue weighted by molar-refractivity contribution is -0.183. The van der Waals surface area contributed by atoms with Crippen LogP contribution >= 0.6 is 0 Å². The fraction of sp³-hybridized carbons (Fsp3) is 0.833. The van der Waals surface area contributed by atoms with E-state index >= 15 is 0 Å². The average Bonchev–Trinajstić information content (AvgIpc) is 2.65. The molecule has 1 aliphatic heterocycles. The topological polar surface area (TPSA) is 47.9 Å². The number of carbonyl (C=O) groups excluding carboxylic acids is 1. The van der Waals surface area contributed by atoms with E-state index in [1.165, 1.54) is 0 Å². The minimum absolute atomic E-state index is 0.113. The van der Waals surface area contributed by atoms with Crippen LogP contribution in [0.1, 0.15) is 47.0 Å². The van der Waals surface area contributed by atoms with E-state index in [-0.39, 0.29) is 11.9 Å². The Kier molecular flexibility index (Phi) is 2.48. The standard InChI is InChI=1S/C12H19NO3/c1-8-9-6-5-7-12(9,16-13-8)10(14)15-11(2,3)4/h9H,5-7H2,1-4H3. The van der Waals surface area contributed by atoms with Gasteiger partial charge in [0.1, 0.15) is 5.60 Å². The second-order valence-corrected chi connectivity index (χ2v) is 5.66. The summed E-state index contributed by atoms with van der Waals surface area (Å²) < 4.78 is 5.44. The molecule has 2 aliphatic rings. The molecule has 0 aromatic rings. The Labute approximate surface area is 96.0 Å². The SMILES string of the molecule is CC1=NOC2(C(=O)OC(C)(C)C)CCCC12. The molecular weight excluding hydrogens is 206 g/mol. The molecule has 1 aliphatic carbocycles. The van der Waals surface area contributed by atoms with Gasteiger partial charge in [-0.15, -0.1) is 0 Å². The van der Waals surface area contributed by atoms with Crippen molar-refractivity contribution >= 4 is 11.7 Å². The number of esters is 1. The van der Waals surface area contributed by atoms with Crippen LogP contribution in [-0.4, -0.2) is 22.9 Å². The second kappa shape index (κ2) is 3.47. The predicted molar refractivity (Wildman–Crippen MR) is 60.1 cm³/mol. The predicted octanol–water partition coefficient (Wildman–Crippen LogP) is 2.27. The van der Waals surface area contributed by atoms with E-state index in [2.05, 4.69) is 5.16 Å². The number of carbonyl (C=O) groups is 1. The normalized spacial score (nSPS) is 33.0. The highest BCUT2D eigenvalue weighted by Crippen LogP contribution is 2.45. The summed E-state index contributed by atoms with van der Waals surface area (Å²) in [4.78, 5) is 17.6. The first kappa shape index (κ1) is 11.4. The fourth-order valence-corrected chi connectivity index (χ4v) is 2.49. The molecule has 2 atom stereocenters. The van der Waals surface area contributed by atoms with Gasteiger partial charge in [-0.05, 0) is 40.5 Å². The van der Waals surface area contributed by atoms with Crippen molar-refractivity contribution in [2.45, 2.75) is 58.2 Å². The van der Waals surface area contributed by atoms with Gasteiger partial charge >= 0.3 is 5.97 Å². The van der Waals surface area contributed by atoms with Crippen molar-refractivity contribution in [3.63, 3.8) is 0 Å². The average molecular weight is 225 g/mol. The molecule has 0 aromatic carbocycles. The molecule has 0 spiro atoms. The van der Waals surface area contributed by atoms with E-state index in [1.54, 1.807) is 0 Å². The Morgan fingerprint density at radius 2 is 2.25 bits per heavy atom. The summed E-state index contributed by atoms with van der Waals surface area (Å²) in [5.74, 6) is -0.148. The minimum Gasteiger partial charge on any atom is -0.457 e. The summed E-state index contributed by atoms with van der Waals surface area (Å²) in [5.41, 5.74) is -0.376. The number of rotatable bonds is 1. The summed E-state index contributed by atoms with van der Waals surface area (Å²) in [7, 11) is 0. The third kappa shape index (κ3) is 1.70. The monoisotopic (exact) mass is 225 g/mol. The molecule has 0 N–H and O–H groups in total. The van der Waals surface area contributed by atoms with Crippen molar-refractivity contribution in [3.8, 4) is 0 Å². The Balaban J connectivity index is 2.17. The lowest BCUT2D eigenvalue weighted by Gasteiger charge is -2.29. The van der Waals surface area contributed by atoms with Gasteiger partial charge in [0.2, 0.25) is 5.60 Å². The van der Waals surface area contributed by atoms with Gasteiger partial charge < -0.3 is 9.57 Å². The van der Waals surface area contributed by atoms with Crippen molar-refractivity contribution in [3.05, 3.63) is 0 Å². The van der Waals surface area contributed by atoms with Crippen LogP contribution in [0, 0.1) is 5.92 Å².